The average molecular weight is 296 g/mol. The highest BCUT2D eigenvalue weighted by atomic mass is 19.1. The zero-order valence-electron chi connectivity index (χ0n) is 12.1. The number of aryl methyl sites for hydroxylation is 1. The third-order valence-corrected chi connectivity index (χ3v) is 2.96. The number of nitrogens with zero attached hydrogens (tertiary/aromatic N) is 3. The molecule has 0 fully saturated rings. The van der Waals surface area contributed by atoms with Crippen LogP contribution in [0.25, 0.3) is 0 Å². The van der Waals surface area contributed by atoms with E-state index < -0.39 is 17.4 Å². The molecule has 0 spiro atoms. The molecule has 1 N–H and O–H groups in total. The van der Waals surface area contributed by atoms with Crippen LogP contribution in [0.1, 0.15) is 24.7 Å². The lowest BCUT2D eigenvalue weighted by atomic mass is 10.2. The highest BCUT2D eigenvalue weighted by Gasteiger charge is 2.14. The molecule has 0 bridgehead atoms. The summed E-state index contributed by atoms with van der Waals surface area (Å²) in [6, 6.07) is 2.55. The lowest BCUT2D eigenvalue weighted by Crippen LogP contribution is -2.14. The van der Waals surface area contributed by atoms with Gasteiger partial charge in [0.05, 0.1) is 0 Å². The van der Waals surface area contributed by atoms with Crippen molar-refractivity contribution >= 4 is 0 Å². The summed E-state index contributed by atoms with van der Waals surface area (Å²) in [6.07, 6.45) is 2.32. The second kappa shape index (κ2) is 7.12. The summed E-state index contributed by atoms with van der Waals surface area (Å²) in [6.45, 7) is 3.20. The Balaban J connectivity index is 2.04. The molecule has 1 heterocycles. The SMILES string of the molecule is CCCNCc1cc(F)c(OCc2ncnn2C)c(F)c1. The van der Waals surface area contributed by atoms with Gasteiger partial charge in [0, 0.05) is 13.6 Å². The van der Waals surface area contributed by atoms with Gasteiger partial charge in [0.25, 0.3) is 0 Å². The third kappa shape index (κ3) is 3.98. The van der Waals surface area contributed by atoms with Gasteiger partial charge < -0.3 is 10.1 Å². The molecule has 0 aliphatic heterocycles. The van der Waals surface area contributed by atoms with Gasteiger partial charge in [0.15, 0.2) is 23.2 Å². The predicted octanol–water partition coefficient (Wildman–Crippen LogP) is 2.17. The number of nitrogens with one attached hydrogen (secondary N) is 1. The van der Waals surface area contributed by atoms with Gasteiger partial charge in [0.1, 0.15) is 12.9 Å². The van der Waals surface area contributed by atoms with E-state index in [-0.39, 0.29) is 6.61 Å². The fraction of sp³-hybridized carbons (Fsp3) is 0.429. The van der Waals surface area contributed by atoms with Gasteiger partial charge in [-0.05, 0) is 30.7 Å². The molecule has 0 aliphatic rings. The third-order valence-electron chi connectivity index (χ3n) is 2.96. The Kier molecular flexibility index (Phi) is 5.21. The van der Waals surface area contributed by atoms with Gasteiger partial charge in [-0.1, -0.05) is 6.92 Å². The first kappa shape index (κ1) is 15.4. The van der Waals surface area contributed by atoms with Crippen molar-refractivity contribution < 1.29 is 13.5 Å². The molecule has 1 aromatic carbocycles. The Labute approximate surface area is 121 Å². The minimum absolute atomic E-state index is 0.0439. The second-order valence-electron chi connectivity index (χ2n) is 4.65. The molecule has 0 saturated carbocycles. The molecule has 0 aliphatic carbocycles. The molecule has 2 aromatic rings. The molecule has 0 saturated heterocycles. The Morgan fingerprint density at radius 1 is 1.29 bits per heavy atom. The maximum absolute atomic E-state index is 13.9. The molecule has 1 aromatic heterocycles. The zero-order chi connectivity index (χ0) is 15.2. The van der Waals surface area contributed by atoms with E-state index in [1.165, 1.54) is 23.1 Å². The molecule has 7 heteroatoms. The van der Waals surface area contributed by atoms with Crippen molar-refractivity contribution in [2.45, 2.75) is 26.5 Å². The highest BCUT2D eigenvalue weighted by Crippen LogP contribution is 2.24. The van der Waals surface area contributed by atoms with Crippen LogP contribution in [0.4, 0.5) is 8.78 Å². The van der Waals surface area contributed by atoms with Crippen molar-refractivity contribution in [3.63, 3.8) is 0 Å². The molecule has 0 unspecified atom stereocenters. The molecule has 21 heavy (non-hydrogen) atoms. The van der Waals surface area contributed by atoms with Crippen molar-refractivity contribution in [2.75, 3.05) is 6.54 Å². The number of rotatable bonds is 7. The summed E-state index contributed by atoms with van der Waals surface area (Å²) in [4.78, 5) is 3.93. The molecule has 5 nitrogen and oxygen atoms in total. The van der Waals surface area contributed by atoms with Crippen LogP contribution in [-0.2, 0) is 20.2 Å². The number of hydrogen-bond donors (Lipinski definition) is 1. The molecule has 2 rings (SSSR count). The van der Waals surface area contributed by atoms with Crippen LogP contribution >= 0.6 is 0 Å². The maximum atomic E-state index is 13.9. The van der Waals surface area contributed by atoms with Gasteiger partial charge in [-0.3, -0.25) is 4.68 Å². The van der Waals surface area contributed by atoms with E-state index in [1.807, 2.05) is 6.92 Å². The summed E-state index contributed by atoms with van der Waals surface area (Å²) >= 11 is 0. The summed E-state index contributed by atoms with van der Waals surface area (Å²) in [5.74, 6) is -1.34. The fourth-order valence-corrected chi connectivity index (χ4v) is 1.85. The quantitative estimate of drug-likeness (QED) is 0.796. The van der Waals surface area contributed by atoms with Crippen molar-refractivity contribution in [2.24, 2.45) is 7.05 Å². The normalized spacial score (nSPS) is 10.9. The summed E-state index contributed by atoms with van der Waals surface area (Å²) in [5.41, 5.74) is 0.546. The lowest BCUT2D eigenvalue weighted by molar-refractivity contribution is 0.261. The van der Waals surface area contributed by atoms with Crippen LogP contribution in [0.15, 0.2) is 18.5 Å². The highest BCUT2D eigenvalue weighted by molar-refractivity contribution is 5.31. The van der Waals surface area contributed by atoms with E-state index in [4.69, 9.17) is 4.74 Å². The summed E-state index contributed by atoms with van der Waals surface area (Å²) in [5, 5.41) is 6.95. The van der Waals surface area contributed by atoms with E-state index in [0.717, 1.165) is 13.0 Å². The number of aromatic nitrogens is 3. The first-order valence-electron chi connectivity index (χ1n) is 6.76. The van der Waals surface area contributed by atoms with Crippen LogP contribution in [0.2, 0.25) is 0 Å². The molecule has 0 amide bonds. The molecule has 114 valence electrons. The van der Waals surface area contributed by atoms with Gasteiger partial charge >= 0.3 is 0 Å². The van der Waals surface area contributed by atoms with Crippen molar-refractivity contribution in [3.8, 4) is 5.75 Å². The van der Waals surface area contributed by atoms with Gasteiger partial charge in [-0.25, -0.2) is 13.8 Å². The number of ether oxygens (including phenoxy) is 1. The first-order valence-corrected chi connectivity index (χ1v) is 6.76. The summed E-state index contributed by atoms with van der Waals surface area (Å²) in [7, 11) is 1.68. The van der Waals surface area contributed by atoms with Crippen molar-refractivity contribution in [3.05, 3.63) is 41.5 Å². The van der Waals surface area contributed by atoms with E-state index in [9.17, 15) is 8.78 Å². The minimum atomic E-state index is -0.717. The molecular weight excluding hydrogens is 278 g/mol. The monoisotopic (exact) mass is 296 g/mol. The van der Waals surface area contributed by atoms with Crippen LogP contribution < -0.4 is 10.1 Å². The lowest BCUT2D eigenvalue weighted by Gasteiger charge is -2.10. The average Bonchev–Trinajstić information content (AvgIpc) is 2.84. The van der Waals surface area contributed by atoms with Gasteiger partial charge in [0.2, 0.25) is 0 Å². The smallest absolute Gasteiger partial charge is 0.191 e. The Morgan fingerprint density at radius 3 is 2.57 bits per heavy atom. The maximum Gasteiger partial charge on any atom is 0.191 e. The van der Waals surface area contributed by atoms with Crippen LogP contribution in [0.5, 0.6) is 5.75 Å². The van der Waals surface area contributed by atoms with Gasteiger partial charge in [-0.15, -0.1) is 0 Å². The number of benzene rings is 1. The fourth-order valence-electron chi connectivity index (χ4n) is 1.85. The molecule has 0 atom stereocenters. The standard InChI is InChI=1S/C14H18F2N4O/c1-3-4-17-7-10-5-11(15)14(12(16)6-10)21-8-13-18-9-19-20(13)2/h5-6,9,17H,3-4,7-8H2,1-2H3. The van der Waals surface area contributed by atoms with Crippen molar-refractivity contribution in [1.82, 2.24) is 20.1 Å². The minimum Gasteiger partial charge on any atom is -0.479 e. The van der Waals surface area contributed by atoms with E-state index in [1.54, 1.807) is 7.05 Å². The Bertz CT molecular complexity index is 577. The topological polar surface area (TPSA) is 52.0 Å². The first-order chi connectivity index (χ1) is 10.1. The largest absolute Gasteiger partial charge is 0.479 e. The second-order valence-corrected chi connectivity index (χ2v) is 4.65. The van der Waals surface area contributed by atoms with Crippen molar-refractivity contribution in [1.29, 1.82) is 0 Å². The van der Waals surface area contributed by atoms with E-state index in [2.05, 4.69) is 15.4 Å². The number of hydrogen-bond acceptors (Lipinski definition) is 4. The Hall–Kier alpha value is -2.02. The molecular formula is C14H18F2N4O. The van der Waals surface area contributed by atoms with Gasteiger partial charge in [-0.2, -0.15) is 5.10 Å². The summed E-state index contributed by atoms with van der Waals surface area (Å²) < 4.78 is 34.5. The zero-order valence-corrected chi connectivity index (χ0v) is 12.1. The number of halogens is 2. The van der Waals surface area contributed by atoms with Crippen LogP contribution in [-0.4, -0.2) is 21.3 Å². The van der Waals surface area contributed by atoms with Crippen LogP contribution in [0.3, 0.4) is 0 Å². The van der Waals surface area contributed by atoms with Crippen LogP contribution in [0, 0.1) is 11.6 Å². The Morgan fingerprint density at radius 2 is 2.00 bits per heavy atom. The predicted molar refractivity (Wildman–Crippen MR) is 73.7 cm³/mol. The van der Waals surface area contributed by atoms with E-state index >= 15 is 0 Å². The van der Waals surface area contributed by atoms with E-state index in [0.29, 0.717) is 17.9 Å². The molecule has 0 radical (unpaired) electrons.